The predicted octanol–water partition coefficient (Wildman–Crippen LogP) is 1.53. The lowest BCUT2D eigenvalue weighted by Crippen LogP contribution is -2.15. The molecule has 0 radical (unpaired) electrons. The van der Waals surface area contributed by atoms with Gasteiger partial charge in [-0.1, -0.05) is 6.07 Å². The molecule has 0 saturated carbocycles. The molecule has 5 heteroatoms. The maximum absolute atomic E-state index is 11.2. The Morgan fingerprint density at radius 1 is 1.35 bits per heavy atom. The largest absolute Gasteiger partial charge is 0.396 e. The number of hydrogen-bond acceptors (Lipinski definition) is 4. The molecule has 0 bridgehead atoms. The van der Waals surface area contributed by atoms with Crippen molar-refractivity contribution in [1.29, 1.82) is 0 Å². The second-order valence-electron chi connectivity index (χ2n) is 3.77. The minimum atomic E-state index is -0.185. The van der Waals surface area contributed by atoms with Crippen molar-refractivity contribution in [2.24, 2.45) is 0 Å². The molecule has 1 atom stereocenters. The molecule has 2 heterocycles. The van der Waals surface area contributed by atoms with Crippen LogP contribution in [0.4, 0.5) is 11.5 Å². The summed E-state index contributed by atoms with van der Waals surface area (Å²) in [6.45, 7) is 1.95. The first-order valence-electron chi connectivity index (χ1n) is 5.33. The number of pyridine rings is 2. The van der Waals surface area contributed by atoms with Gasteiger partial charge in [-0.15, -0.1) is 0 Å². The molecule has 0 aliphatic carbocycles. The Hall–Kier alpha value is -2.30. The van der Waals surface area contributed by atoms with Gasteiger partial charge >= 0.3 is 0 Å². The molecule has 88 valence electrons. The molecular formula is C12H14N4O. The van der Waals surface area contributed by atoms with Gasteiger partial charge in [-0.05, 0) is 25.1 Å². The zero-order valence-electron chi connectivity index (χ0n) is 9.47. The first-order valence-corrected chi connectivity index (χ1v) is 5.33. The molecule has 0 spiro atoms. The first kappa shape index (κ1) is 11.2. The van der Waals surface area contributed by atoms with E-state index in [1.807, 2.05) is 25.1 Å². The SMILES string of the molecule is CC(Nc1[nH]c(=O)ccc1N)c1ccccn1. The van der Waals surface area contributed by atoms with Crippen molar-refractivity contribution in [2.45, 2.75) is 13.0 Å². The van der Waals surface area contributed by atoms with Crippen LogP contribution >= 0.6 is 0 Å². The van der Waals surface area contributed by atoms with E-state index in [1.165, 1.54) is 6.07 Å². The molecule has 5 nitrogen and oxygen atoms in total. The van der Waals surface area contributed by atoms with Crippen LogP contribution in [-0.2, 0) is 0 Å². The van der Waals surface area contributed by atoms with Crippen molar-refractivity contribution < 1.29 is 0 Å². The maximum Gasteiger partial charge on any atom is 0.249 e. The van der Waals surface area contributed by atoms with Crippen LogP contribution in [-0.4, -0.2) is 9.97 Å². The van der Waals surface area contributed by atoms with E-state index in [1.54, 1.807) is 12.3 Å². The highest BCUT2D eigenvalue weighted by molar-refractivity contribution is 5.60. The van der Waals surface area contributed by atoms with Crippen LogP contribution in [0.1, 0.15) is 18.7 Å². The van der Waals surface area contributed by atoms with Gasteiger partial charge in [0.1, 0.15) is 5.82 Å². The first-order chi connectivity index (χ1) is 8.16. The average Bonchev–Trinajstić information content (AvgIpc) is 2.35. The Kier molecular flexibility index (Phi) is 3.09. The highest BCUT2D eigenvalue weighted by atomic mass is 16.1. The molecular weight excluding hydrogens is 216 g/mol. The van der Waals surface area contributed by atoms with Crippen LogP contribution in [0.3, 0.4) is 0 Å². The Bertz CT molecular complexity index is 550. The summed E-state index contributed by atoms with van der Waals surface area (Å²) in [6, 6.07) is 8.62. The fourth-order valence-electron chi connectivity index (χ4n) is 1.53. The number of rotatable bonds is 3. The summed E-state index contributed by atoms with van der Waals surface area (Å²) in [5.74, 6) is 0.524. The quantitative estimate of drug-likeness (QED) is 0.746. The van der Waals surface area contributed by atoms with Gasteiger partial charge in [0.2, 0.25) is 5.56 Å². The highest BCUT2D eigenvalue weighted by Gasteiger charge is 2.08. The van der Waals surface area contributed by atoms with Gasteiger partial charge in [0.05, 0.1) is 17.4 Å². The van der Waals surface area contributed by atoms with Crippen molar-refractivity contribution >= 4 is 11.5 Å². The Labute approximate surface area is 98.7 Å². The number of H-pyrrole nitrogens is 1. The lowest BCUT2D eigenvalue weighted by molar-refractivity contribution is 0.831. The van der Waals surface area contributed by atoms with Crippen molar-refractivity contribution in [3.63, 3.8) is 0 Å². The van der Waals surface area contributed by atoms with Crippen molar-refractivity contribution in [3.8, 4) is 0 Å². The number of anilines is 2. The van der Waals surface area contributed by atoms with Gasteiger partial charge in [-0.3, -0.25) is 9.78 Å². The van der Waals surface area contributed by atoms with Crippen LogP contribution < -0.4 is 16.6 Å². The molecule has 0 aliphatic rings. The minimum absolute atomic E-state index is 0.0310. The fraction of sp³-hybridized carbons (Fsp3) is 0.167. The average molecular weight is 230 g/mol. The fourth-order valence-corrected chi connectivity index (χ4v) is 1.53. The molecule has 4 N–H and O–H groups in total. The van der Waals surface area contributed by atoms with E-state index in [0.717, 1.165) is 5.69 Å². The molecule has 1 unspecified atom stereocenters. The smallest absolute Gasteiger partial charge is 0.249 e. The monoisotopic (exact) mass is 230 g/mol. The van der Waals surface area contributed by atoms with Crippen molar-refractivity contribution in [3.05, 3.63) is 52.6 Å². The van der Waals surface area contributed by atoms with Crippen LogP contribution in [0.15, 0.2) is 41.3 Å². The van der Waals surface area contributed by atoms with Crippen molar-refractivity contribution in [2.75, 3.05) is 11.1 Å². The number of hydrogen-bond donors (Lipinski definition) is 3. The number of nitrogen functional groups attached to an aromatic ring is 1. The third-order valence-electron chi connectivity index (χ3n) is 2.44. The van der Waals surface area contributed by atoms with Gasteiger partial charge in [-0.2, -0.15) is 0 Å². The number of nitrogens with zero attached hydrogens (tertiary/aromatic N) is 1. The van der Waals surface area contributed by atoms with Gasteiger partial charge < -0.3 is 16.0 Å². The Morgan fingerprint density at radius 2 is 2.18 bits per heavy atom. The molecule has 2 aromatic rings. The summed E-state index contributed by atoms with van der Waals surface area (Å²) in [6.07, 6.45) is 1.73. The molecule has 0 fully saturated rings. The zero-order valence-corrected chi connectivity index (χ0v) is 9.47. The number of aromatic amines is 1. The van der Waals surface area contributed by atoms with E-state index in [-0.39, 0.29) is 11.6 Å². The molecule has 2 aromatic heterocycles. The van der Waals surface area contributed by atoms with E-state index in [0.29, 0.717) is 11.5 Å². The summed E-state index contributed by atoms with van der Waals surface area (Å²) >= 11 is 0. The molecule has 0 aliphatic heterocycles. The Balaban J connectivity index is 2.21. The third kappa shape index (κ3) is 2.63. The summed E-state index contributed by atoms with van der Waals surface area (Å²) in [5.41, 5.74) is 6.97. The number of nitrogens with two attached hydrogens (primary N) is 1. The lowest BCUT2D eigenvalue weighted by Gasteiger charge is -2.15. The van der Waals surface area contributed by atoms with Gasteiger partial charge in [0.25, 0.3) is 0 Å². The van der Waals surface area contributed by atoms with E-state index in [9.17, 15) is 4.79 Å². The van der Waals surface area contributed by atoms with Gasteiger partial charge in [0.15, 0.2) is 0 Å². The summed E-state index contributed by atoms with van der Waals surface area (Å²) in [5, 5.41) is 3.12. The number of nitrogens with one attached hydrogen (secondary N) is 2. The normalized spacial score (nSPS) is 12.1. The second-order valence-corrected chi connectivity index (χ2v) is 3.77. The molecule has 0 saturated heterocycles. The van der Waals surface area contributed by atoms with Crippen molar-refractivity contribution in [1.82, 2.24) is 9.97 Å². The van der Waals surface area contributed by atoms with Crippen LogP contribution in [0.2, 0.25) is 0 Å². The second kappa shape index (κ2) is 4.69. The molecule has 17 heavy (non-hydrogen) atoms. The third-order valence-corrected chi connectivity index (χ3v) is 2.44. The minimum Gasteiger partial charge on any atom is -0.396 e. The summed E-state index contributed by atoms with van der Waals surface area (Å²) in [4.78, 5) is 18.1. The zero-order chi connectivity index (χ0) is 12.3. The van der Waals surface area contributed by atoms with E-state index in [4.69, 9.17) is 5.73 Å². The summed E-state index contributed by atoms with van der Waals surface area (Å²) in [7, 11) is 0. The lowest BCUT2D eigenvalue weighted by atomic mass is 10.2. The molecule has 0 amide bonds. The Morgan fingerprint density at radius 3 is 2.88 bits per heavy atom. The van der Waals surface area contributed by atoms with Gasteiger partial charge in [-0.25, -0.2) is 0 Å². The topological polar surface area (TPSA) is 83.8 Å². The van der Waals surface area contributed by atoms with E-state index >= 15 is 0 Å². The molecule has 0 aromatic carbocycles. The van der Waals surface area contributed by atoms with Gasteiger partial charge in [0, 0.05) is 12.3 Å². The maximum atomic E-state index is 11.2. The van der Waals surface area contributed by atoms with Crippen LogP contribution in [0, 0.1) is 0 Å². The number of aromatic nitrogens is 2. The highest BCUT2D eigenvalue weighted by Crippen LogP contribution is 2.18. The predicted molar refractivity (Wildman–Crippen MR) is 67.7 cm³/mol. The summed E-state index contributed by atoms with van der Waals surface area (Å²) < 4.78 is 0. The standard InChI is InChI=1S/C12H14N4O/c1-8(10-4-2-3-7-14-10)15-12-9(13)5-6-11(17)16-12/h2-8H,13H2,1H3,(H2,15,16,17). The molecule has 2 rings (SSSR count). The van der Waals surface area contributed by atoms with Crippen LogP contribution in [0.25, 0.3) is 0 Å². The van der Waals surface area contributed by atoms with Crippen LogP contribution in [0.5, 0.6) is 0 Å². The van der Waals surface area contributed by atoms with E-state index < -0.39 is 0 Å². The van der Waals surface area contributed by atoms with E-state index in [2.05, 4.69) is 15.3 Å².